The lowest BCUT2D eigenvalue weighted by Crippen LogP contribution is -2.34. The molecule has 0 fully saturated rings. The van der Waals surface area contributed by atoms with Gasteiger partial charge in [-0.1, -0.05) is 17.7 Å². The number of nitrogens with two attached hydrogens (primary N) is 1. The van der Waals surface area contributed by atoms with Gasteiger partial charge in [0, 0.05) is 42.7 Å². The van der Waals surface area contributed by atoms with Crippen LogP contribution in [0.5, 0.6) is 0 Å². The fraction of sp³-hybridized carbons (Fsp3) is 0.308. The average Bonchev–Trinajstić information content (AvgIpc) is 2.85. The third-order valence-electron chi connectivity index (χ3n) is 3.35. The Morgan fingerprint density at radius 1 is 1.33 bits per heavy atom. The zero-order valence-corrected chi connectivity index (χ0v) is 10.8. The van der Waals surface area contributed by atoms with Crippen molar-refractivity contribution in [3.63, 3.8) is 0 Å². The summed E-state index contributed by atoms with van der Waals surface area (Å²) < 4.78 is 2.18. The van der Waals surface area contributed by atoms with Gasteiger partial charge in [0.05, 0.1) is 6.54 Å². The van der Waals surface area contributed by atoms with Crippen molar-refractivity contribution in [1.29, 1.82) is 0 Å². The van der Waals surface area contributed by atoms with Crippen LogP contribution >= 0.6 is 11.6 Å². The van der Waals surface area contributed by atoms with Crippen molar-refractivity contribution in [3.8, 4) is 0 Å². The summed E-state index contributed by atoms with van der Waals surface area (Å²) in [6.07, 6.45) is 3.87. The fourth-order valence-electron chi connectivity index (χ4n) is 2.38. The van der Waals surface area contributed by atoms with Crippen LogP contribution in [0.4, 0.5) is 5.69 Å². The number of rotatable bonds is 2. The highest BCUT2D eigenvalue weighted by atomic mass is 35.5. The minimum atomic E-state index is 0.525. The molecule has 4 nitrogen and oxygen atoms in total. The van der Waals surface area contributed by atoms with Crippen molar-refractivity contribution in [2.24, 2.45) is 5.73 Å². The van der Waals surface area contributed by atoms with E-state index in [0.29, 0.717) is 6.54 Å². The van der Waals surface area contributed by atoms with Crippen LogP contribution in [0, 0.1) is 0 Å². The Balaban J connectivity index is 1.94. The molecule has 18 heavy (non-hydrogen) atoms. The van der Waals surface area contributed by atoms with Crippen molar-refractivity contribution in [3.05, 3.63) is 47.0 Å². The lowest BCUT2D eigenvalue weighted by atomic mass is 10.1. The van der Waals surface area contributed by atoms with Gasteiger partial charge >= 0.3 is 0 Å². The molecule has 0 aliphatic carbocycles. The monoisotopic (exact) mass is 262 g/mol. The number of anilines is 1. The molecule has 0 amide bonds. The van der Waals surface area contributed by atoms with Crippen LogP contribution in [0.3, 0.4) is 0 Å². The van der Waals surface area contributed by atoms with Crippen molar-refractivity contribution in [2.45, 2.75) is 19.6 Å². The molecule has 1 aromatic heterocycles. The highest BCUT2D eigenvalue weighted by molar-refractivity contribution is 6.30. The van der Waals surface area contributed by atoms with Crippen LogP contribution in [-0.2, 0) is 19.6 Å². The van der Waals surface area contributed by atoms with E-state index >= 15 is 0 Å². The third-order valence-corrected chi connectivity index (χ3v) is 3.59. The summed E-state index contributed by atoms with van der Waals surface area (Å²) in [4.78, 5) is 6.66. The van der Waals surface area contributed by atoms with Crippen LogP contribution in [-0.4, -0.2) is 16.1 Å². The maximum Gasteiger partial charge on any atom is 0.128 e. The summed E-state index contributed by atoms with van der Waals surface area (Å²) >= 11 is 6.08. The SMILES string of the molecule is NCc1ccc(Cl)cc1N1CCn2ccnc2C1. The molecule has 0 saturated carbocycles. The van der Waals surface area contributed by atoms with Gasteiger partial charge in [-0.05, 0) is 17.7 Å². The lowest BCUT2D eigenvalue weighted by Gasteiger charge is -2.31. The molecule has 2 aromatic rings. The molecular formula is C13H15ClN4. The van der Waals surface area contributed by atoms with Crippen LogP contribution < -0.4 is 10.6 Å². The molecule has 5 heteroatoms. The van der Waals surface area contributed by atoms with Gasteiger partial charge in [-0.3, -0.25) is 0 Å². The number of hydrogen-bond donors (Lipinski definition) is 1. The summed E-state index contributed by atoms with van der Waals surface area (Å²) in [5.41, 5.74) is 8.04. The van der Waals surface area contributed by atoms with Crippen LogP contribution in [0.25, 0.3) is 0 Å². The van der Waals surface area contributed by atoms with Crippen LogP contribution in [0.2, 0.25) is 5.02 Å². The summed E-state index contributed by atoms with van der Waals surface area (Å²) in [7, 11) is 0. The molecule has 0 saturated heterocycles. The Hall–Kier alpha value is -1.52. The first-order chi connectivity index (χ1) is 8.78. The zero-order chi connectivity index (χ0) is 12.5. The topological polar surface area (TPSA) is 47.1 Å². The highest BCUT2D eigenvalue weighted by Gasteiger charge is 2.18. The maximum absolute atomic E-state index is 6.08. The second kappa shape index (κ2) is 4.63. The number of aromatic nitrogens is 2. The van der Waals surface area contributed by atoms with E-state index in [2.05, 4.69) is 14.5 Å². The normalized spacial score (nSPS) is 14.7. The van der Waals surface area contributed by atoms with Gasteiger partial charge in [-0.2, -0.15) is 0 Å². The first-order valence-electron chi connectivity index (χ1n) is 6.01. The van der Waals surface area contributed by atoms with Crippen LogP contribution in [0.1, 0.15) is 11.4 Å². The average molecular weight is 263 g/mol. The standard InChI is InChI=1S/C13H15ClN4/c14-11-2-1-10(8-15)12(7-11)18-6-5-17-4-3-16-13(17)9-18/h1-4,7H,5-6,8-9,15H2. The number of imidazole rings is 1. The Kier molecular flexibility index (Phi) is 2.97. The van der Waals surface area contributed by atoms with Gasteiger partial charge in [-0.25, -0.2) is 4.98 Å². The van der Waals surface area contributed by atoms with Gasteiger partial charge in [0.25, 0.3) is 0 Å². The van der Waals surface area contributed by atoms with Crippen molar-refractivity contribution in [2.75, 3.05) is 11.4 Å². The zero-order valence-electron chi connectivity index (χ0n) is 10.0. The van der Waals surface area contributed by atoms with Crippen LogP contribution in [0.15, 0.2) is 30.6 Å². The Morgan fingerprint density at radius 2 is 2.22 bits per heavy atom. The predicted octanol–water partition coefficient (Wildman–Crippen LogP) is 2.02. The molecule has 3 rings (SSSR count). The van der Waals surface area contributed by atoms with Crippen molar-refractivity contribution < 1.29 is 0 Å². The Labute approximate surface area is 111 Å². The van der Waals surface area contributed by atoms with Gasteiger partial charge in [0.2, 0.25) is 0 Å². The molecule has 94 valence electrons. The van der Waals surface area contributed by atoms with Gasteiger partial charge in [0.15, 0.2) is 0 Å². The van der Waals surface area contributed by atoms with Crippen molar-refractivity contribution >= 4 is 17.3 Å². The van der Waals surface area contributed by atoms with Gasteiger partial charge in [0.1, 0.15) is 5.82 Å². The molecule has 2 heterocycles. The summed E-state index contributed by atoms with van der Waals surface area (Å²) in [6, 6.07) is 5.87. The molecule has 1 aromatic carbocycles. The van der Waals surface area contributed by atoms with E-state index in [9.17, 15) is 0 Å². The number of halogens is 1. The smallest absolute Gasteiger partial charge is 0.128 e. The molecule has 1 aliphatic rings. The van der Waals surface area contributed by atoms with E-state index in [1.54, 1.807) is 0 Å². The second-order valence-corrected chi connectivity index (χ2v) is 4.87. The summed E-state index contributed by atoms with van der Waals surface area (Å²) in [5, 5.41) is 0.746. The molecular weight excluding hydrogens is 248 g/mol. The predicted molar refractivity (Wildman–Crippen MR) is 72.6 cm³/mol. The molecule has 0 atom stereocenters. The van der Waals surface area contributed by atoms with E-state index in [1.165, 1.54) is 0 Å². The molecule has 0 bridgehead atoms. The minimum Gasteiger partial charge on any atom is -0.362 e. The molecule has 0 spiro atoms. The van der Waals surface area contributed by atoms with E-state index in [1.807, 2.05) is 30.6 Å². The Bertz CT molecular complexity index is 564. The van der Waals surface area contributed by atoms with Crippen molar-refractivity contribution in [1.82, 2.24) is 9.55 Å². The number of benzene rings is 1. The number of fused-ring (bicyclic) bond motifs is 1. The molecule has 0 radical (unpaired) electrons. The number of hydrogen-bond acceptors (Lipinski definition) is 3. The highest BCUT2D eigenvalue weighted by Crippen LogP contribution is 2.27. The maximum atomic E-state index is 6.08. The third kappa shape index (κ3) is 1.98. The second-order valence-electron chi connectivity index (χ2n) is 4.44. The Morgan fingerprint density at radius 3 is 3.06 bits per heavy atom. The quantitative estimate of drug-likeness (QED) is 0.901. The van der Waals surface area contributed by atoms with Gasteiger partial charge in [-0.15, -0.1) is 0 Å². The lowest BCUT2D eigenvalue weighted by molar-refractivity contribution is 0.559. The van der Waals surface area contributed by atoms with E-state index in [-0.39, 0.29) is 0 Å². The largest absolute Gasteiger partial charge is 0.362 e. The molecule has 0 unspecified atom stereocenters. The van der Waals surface area contributed by atoms with E-state index in [4.69, 9.17) is 17.3 Å². The fourth-order valence-corrected chi connectivity index (χ4v) is 2.55. The first kappa shape index (κ1) is 11.6. The summed E-state index contributed by atoms with van der Waals surface area (Å²) in [6.45, 7) is 3.24. The van der Waals surface area contributed by atoms with Gasteiger partial charge < -0.3 is 15.2 Å². The minimum absolute atomic E-state index is 0.525. The number of nitrogens with zero attached hydrogens (tertiary/aromatic N) is 3. The molecule has 1 aliphatic heterocycles. The first-order valence-corrected chi connectivity index (χ1v) is 6.39. The molecule has 2 N–H and O–H groups in total. The van der Waals surface area contributed by atoms with E-state index < -0.39 is 0 Å². The summed E-state index contributed by atoms with van der Waals surface area (Å²) in [5.74, 6) is 1.09. The van der Waals surface area contributed by atoms with E-state index in [0.717, 1.165) is 41.7 Å².